The van der Waals surface area contributed by atoms with Crippen LogP contribution in [0.1, 0.15) is 31.5 Å². The van der Waals surface area contributed by atoms with Gasteiger partial charge in [-0.15, -0.1) is 0 Å². The van der Waals surface area contributed by atoms with Crippen molar-refractivity contribution in [1.82, 2.24) is 29.8 Å². The summed E-state index contributed by atoms with van der Waals surface area (Å²) in [5, 5.41) is 21.9. The van der Waals surface area contributed by atoms with Crippen LogP contribution in [-0.4, -0.2) is 55.8 Å². The van der Waals surface area contributed by atoms with Crippen molar-refractivity contribution < 1.29 is 9.32 Å². The number of hydrogen-bond acceptors (Lipinski definition) is 8. The molecule has 33 heavy (non-hydrogen) atoms. The Bertz CT molecular complexity index is 1320. The molecule has 0 fully saturated rings. The van der Waals surface area contributed by atoms with E-state index in [1.807, 2.05) is 26.0 Å². The fourth-order valence-corrected chi connectivity index (χ4v) is 3.46. The van der Waals surface area contributed by atoms with Crippen LogP contribution in [0.4, 0.5) is 5.69 Å². The normalized spacial score (nSPS) is 11.0. The van der Waals surface area contributed by atoms with E-state index in [0.29, 0.717) is 35.8 Å². The van der Waals surface area contributed by atoms with E-state index in [0.717, 1.165) is 35.2 Å². The van der Waals surface area contributed by atoms with Gasteiger partial charge in [0.25, 0.3) is 0 Å². The predicted octanol–water partition coefficient (Wildman–Crippen LogP) is 3.18. The molecule has 0 atom stereocenters. The zero-order valence-electron chi connectivity index (χ0n) is 18.7. The molecule has 0 saturated carbocycles. The fourth-order valence-electron chi connectivity index (χ4n) is 3.46. The first-order chi connectivity index (χ1) is 16.0. The van der Waals surface area contributed by atoms with Crippen molar-refractivity contribution in [3.63, 3.8) is 0 Å². The van der Waals surface area contributed by atoms with Crippen LogP contribution >= 0.6 is 0 Å². The molecule has 4 aromatic heterocycles. The highest BCUT2D eigenvalue weighted by molar-refractivity contribution is 5.79. The smallest absolute Gasteiger partial charge is 0.209 e. The number of anilines is 1. The van der Waals surface area contributed by atoms with Gasteiger partial charge in [0.2, 0.25) is 6.41 Å². The molecule has 0 aliphatic heterocycles. The highest BCUT2D eigenvalue weighted by Crippen LogP contribution is 2.31. The van der Waals surface area contributed by atoms with Crippen LogP contribution < -0.4 is 5.32 Å². The summed E-state index contributed by atoms with van der Waals surface area (Å²) in [5.74, 6) is 1.20. The van der Waals surface area contributed by atoms with Crippen LogP contribution in [0.3, 0.4) is 0 Å². The second-order valence-electron chi connectivity index (χ2n) is 8.06. The molecule has 4 rings (SSSR count). The van der Waals surface area contributed by atoms with E-state index < -0.39 is 0 Å². The lowest BCUT2D eigenvalue weighted by Crippen LogP contribution is -2.17. The Labute approximate surface area is 190 Å². The molecule has 10 nitrogen and oxygen atoms in total. The number of aryl methyl sites for hydroxylation is 1. The van der Waals surface area contributed by atoms with Crippen molar-refractivity contribution in [3.8, 4) is 23.2 Å². The average molecular weight is 444 g/mol. The van der Waals surface area contributed by atoms with Crippen molar-refractivity contribution in [2.75, 3.05) is 18.9 Å². The Kier molecular flexibility index (Phi) is 6.31. The molecule has 4 aromatic rings. The number of nitrogens with zero attached hydrogens (tertiary/aromatic N) is 7. The minimum Gasteiger partial charge on any atom is -0.382 e. The summed E-state index contributed by atoms with van der Waals surface area (Å²) in [6.45, 7) is 4.75. The molecule has 10 heteroatoms. The first-order valence-corrected chi connectivity index (χ1v) is 10.6. The van der Waals surface area contributed by atoms with E-state index in [9.17, 15) is 4.79 Å². The molecule has 1 amide bonds. The van der Waals surface area contributed by atoms with Crippen molar-refractivity contribution >= 4 is 23.1 Å². The molecule has 0 radical (unpaired) electrons. The topological polar surface area (TPSA) is 126 Å². The van der Waals surface area contributed by atoms with Crippen LogP contribution in [0.2, 0.25) is 0 Å². The second kappa shape index (κ2) is 9.48. The van der Waals surface area contributed by atoms with E-state index >= 15 is 0 Å². The minimum atomic E-state index is 0.172. The number of fused-ring (bicyclic) bond motifs is 1. The van der Waals surface area contributed by atoms with Gasteiger partial charge in [-0.3, -0.25) is 4.79 Å². The molecule has 0 bridgehead atoms. The molecule has 0 aromatic carbocycles. The van der Waals surface area contributed by atoms with Gasteiger partial charge in [-0.25, -0.2) is 9.97 Å². The largest absolute Gasteiger partial charge is 0.382 e. The molecular weight excluding hydrogens is 420 g/mol. The van der Waals surface area contributed by atoms with E-state index in [2.05, 4.69) is 31.6 Å². The number of aromatic nitrogens is 5. The summed E-state index contributed by atoms with van der Waals surface area (Å²) >= 11 is 0. The molecule has 168 valence electrons. The lowest BCUT2D eigenvalue weighted by molar-refractivity contribution is -0.117. The number of amides is 1. The van der Waals surface area contributed by atoms with Gasteiger partial charge >= 0.3 is 0 Å². The number of carbonyl (C=O) groups is 1. The summed E-state index contributed by atoms with van der Waals surface area (Å²) in [6.07, 6.45) is 7.22. The van der Waals surface area contributed by atoms with Gasteiger partial charge in [0, 0.05) is 49.5 Å². The Balaban J connectivity index is 1.64. The summed E-state index contributed by atoms with van der Waals surface area (Å²) in [6, 6.07) is 7.80. The van der Waals surface area contributed by atoms with Crippen molar-refractivity contribution in [1.29, 1.82) is 5.26 Å². The predicted molar refractivity (Wildman–Crippen MR) is 123 cm³/mol. The molecule has 1 N–H and O–H groups in total. The van der Waals surface area contributed by atoms with Gasteiger partial charge in [0.1, 0.15) is 6.07 Å². The lowest BCUT2D eigenvalue weighted by Gasteiger charge is -2.14. The van der Waals surface area contributed by atoms with E-state index in [-0.39, 0.29) is 6.04 Å². The van der Waals surface area contributed by atoms with Crippen LogP contribution in [0.15, 0.2) is 41.3 Å². The summed E-state index contributed by atoms with van der Waals surface area (Å²) < 4.78 is 7.24. The van der Waals surface area contributed by atoms with Gasteiger partial charge in [0.15, 0.2) is 17.2 Å². The first-order valence-electron chi connectivity index (χ1n) is 10.6. The molecule has 0 aliphatic carbocycles. The zero-order chi connectivity index (χ0) is 23.4. The third-order valence-electron chi connectivity index (χ3n) is 5.04. The van der Waals surface area contributed by atoms with E-state index in [1.54, 1.807) is 35.1 Å². The van der Waals surface area contributed by atoms with Crippen molar-refractivity contribution in [2.45, 2.75) is 32.7 Å². The van der Waals surface area contributed by atoms with E-state index in [4.69, 9.17) is 9.78 Å². The Morgan fingerprint density at radius 3 is 2.85 bits per heavy atom. The van der Waals surface area contributed by atoms with Crippen LogP contribution in [0.5, 0.6) is 0 Å². The molecule has 4 heterocycles. The summed E-state index contributed by atoms with van der Waals surface area (Å²) in [4.78, 5) is 21.3. The SMILES string of the molecule is CC(C)Nc1cc(-n2ncc3cc(C#N)cnc32)ncc1-c1cc(CCCN(C)C=O)no1. The molecular formula is C23H24N8O2. The van der Waals surface area contributed by atoms with Gasteiger partial charge in [0.05, 0.1) is 28.7 Å². The summed E-state index contributed by atoms with van der Waals surface area (Å²) in [5.41, 5.74) is 3.53. The zero-order valence-corrected chi connectivity index (χ0v) is 18.7. The quantitative estimate of drug-likeness (QED) is 0.390. The second-order valence-corrected chi connectivity index (χ2v) is 8.06. The van der Waals surface area contributed by atoms with Gasteiger partial charge in [-0.05, 0) is 32.8 Å². The van der Waals surface area contributed by atoms with Crippen molar-refractivity contribution in [2.24, 2.45) is 0 Å². The van der Waals surface area contributed by atoms with Gasteiger partial charge < -0.3 is 14.7 Å². The minimum absolute atomic E-state index is 0.172. The number of nitrogens with one attached hydrogen (secondary N) is 1. The maximum absolute atomic E-state index is 10.7. The third kappa shape index (κ3) is 4.82. The number of carbonyl (C=O) groups excluding carboxylic acids is 1. The molecule has 0 spiro atoms. The van der Waals surface area contributed by atoms with Gasteiger partial charge in [-0.1, -0.05) is 5.16 Å². The number of nitriles is 1. The maximum Gasteiger partial charge on any atom is 0.209 e. The van der Waals surface area contributed by atoms with Crippen LogP contribution in [0.25, 0.3) is 28.2 Å². The van der Waals surface area contributed by atoms with Crippen LogP contribution in [-0.2, 0) is 11.2 Å². The standard InChI is InChI=1S/C23H24N8O2/c1-15(2)28-20-9-22(31-23-17(12-27-31)7-16(10-24)11-26-23)25-13-19(20)21-8-18(29-33-21)5-4-6-30(3)14-32/h7-9,11-15H,4-6H2,1-3H3,(H,25,28). The Hall–Kier alpha value is -4.26. The highest BCUT2D eigenvalue weighted by Gasteiger charge is 2.16. The third-order valence-corrected chi connectivity index (χ3v) is 5.04. The fraction of sp³-hybridized carbons (Fsp3) is 0.304. The van der Waals surface area contributed by atoms with Crippen molar-refractivity contribution in [3.05, 3.63) is 48.0 Å². The average Bonchev–Trinajstić information content (AvgIpc) is 3.45. The Morgan fingerprint density at radius 1 is 1.24 bits per heavy atom. The number of pyridine rings is 2. The monoisotopic (exact) mass is 444 g/mol. The Morgan fingerprint density at radius 2 is 2.09 bits per heavy atom. The molecule has 0 aliphatic rings. The lowest BCUT2D eigenvalue weighted by atomic mass is 10.1. The summed E-state index contributed by atoms with van der Waals surface area (Å²) in [7, 11) is 1.75. The van der Waals surface area contributed by atoms with E-state index in [1.165, 1.54) is 6.20 Å². The van der Waals surface area contributed by atoms with Gasteiger partial charge in [-0.2, -0.15) is 15.0 Å². The number of rotatable bonds is 9. The molecule has 0 unspecified atom stereocenters. The maximum atomic E-state index is 10.7. The highest BCUT2D eigenvalue weighted by atomic mass is 16.5. The molecule has 0 saturated heterocycles. The number of hydrogen-bond donors (Lipinski definition) is 1. The van der Waals surface area contributed by atoms with Crippen LogP contribution in [0, 0.1) is 11.3 Å². The first kappa shape index (κ1) is 22.0.